The van der Waals surface area contributed by atoms with Gasteiger partial charge in [-0.3, -0.25) is 0 Å². The number of rotatable bonds is 8. The first-order chi connectivity index (χ1) is 9.13. The molecule has 2 aliphatic heterocycles. The number of hydrogen-bond acceptors (Lipinski definition) is 2. The second-order valence-electron chi connectivity index (χ2n) is 6.34. The Kier molecular flexibility index (Phi) is 8.01. The average Bonchev–Trinajstić information content (AvgIpc) is 3.26. The Morgan fingerprint density at radius 2 is 1.63 bits per heavy atom. The highest BCUT2D eigenvalue weighted by molar-refractivity contribution is 4.91. The summed E-state index contributed by atoms with van der Waals surface area (Å²) in [5, 5.41) is 0. The van der Waals surface area contributed by atoms with Crippen molar-refractivity contribution in [3.8, 4) is 0 Å². The number of epoxide rings is 2. The average molecular weight is 270 g/mol. The van der Waals surface area contributed by atoms with Crippen LogP contribution in [0, 0.1) is 11.8 Å². The van der Waals surface area contributed by atoms with Gasteiger partial charge in [0, 0.05) is 0 Å². The second kappa shape index (κ2) is 8.97. The summed E-state index contributed by atoms with van der Waals surface area (Å²) in [6, 6.07) is 0. The van der Waals surface area contributed by atoms with Crippen molar-refractivity contribution in [1.82, 2.24) is 0 Å². The van der Waals surface area contributed by atoms with Gasteiger partial charge >= 0.3 is 0 Å². The predicted molar refractivity (Wildman–Crippen MR) is 81.5 cm³/mol. The van der Waals surface area contributed by atoms with Crippen LogP contribution in [0.5, 0.6) is 0 Å². The Labute approximate surface area is 120 Å². The van der Waals surface area contributed by atoms with Crippen molar-refractivity contribution in [3.63, 3.8) is 0 Å². The number of hydrogen-bond donors (Lipinski definition) is 0. The van der Waals surface area contributed by atoms with Crippen LogP contribution in [0.4, 0.5) is 0 Å². The van der Waals surface area contributed by atoms with E-state index in [2.05, 4.69) is 34.6 Å². The Hall–Kier alpha value is -0.0800. The molecule has 0 aromatic carbocycles. The molecular weight excluding hydrogens is 236 g/mol. The molecule has 0 spiro atoms. The fourth-order valence-electron chi connectivity index (χ4n) is 2.66. The molecular formula is C17H34O2. The topological polar surface area (TPSA) is 25.1 Å². The number of ether oxygens (including phenoxy) is 2. The molecule has 0 N–H and O–H groups in total. The van der Waals surface area contributed by atoms with Gasteiger partial charge in [0.25, 0.3) is 0 Å². The quantitative estimate of drug-likeness (QED) is 0.467. The zero-order valence-corrected chi connectivity index (χ0v) is 13.7. The maximum atomic E-state index is 5.62. The molecule has 2 rings (SSSR count). The maximum Gasteiger partial charge on any atom is 0.0872 e. The van der Waals surface area contributed by atoms with E-state index >= 15 is 0 Å². The van der Waals surface area contributed by atoms with Crippen LogP contribution in [-0.4, -0.2) is 24.9 Å². The van der Waals surface area contributed by atoms with Gasteiger partial charge in [-0.05, 0) is 18.3 Å². The van der Waals surface area contributed by atoms with Gasteiger partial charge in [-0.1, -0.05) is 66.7 Å². The van der Waals surface area contributed by atoms with Gasteiger partial charge in [-0.15, -0.1) is 0 Å². The fraction of sp³-hybridized carbons (Fsp3) is 1.00. The van der Waals surface area contributed by atoms with Gasteiger partial charge < -0.3 is 9.47 Å². The first kappa shape index (κ1) is 17.0. The van der Waals surface area contributed by atoms with Crippen LogP contribution in [0.1, 0.15) is 73.1 Å². The molecule has 19 heavy (non-hydrogen) atoms. The molecule has 0 aliphatic carbocycles. The molecule has 3 atom stereocenters. The van der Waals surface area contributed by atoms with Gasteiger partial charge in [0.15, 0.2) is 0 Å². The van der Waals surface area contributed by atoms with E-state index in [9.17, 15) is 0 Å². The molecule has 0 saturated carbocycles. The van der Waals surface area contributed by atoms with Gasteiger partial charge in [0.2, 0.25) is 0 Å². The normalized spacial score (nSPS) is 28.3. The highest BCUT2D eigenvalue weighted by Crippen LogP contribution is 2.37. The van der Waals surface area contributed by atoms with Gasteiger partial charge in [-0.2, -0.15) is 0 Å². The standard InChI is InChI=1S/C10H20O.C7H14O/c1-5-8(6-2)10-9(11-10)7(3)4;1-2-3-4-5-7-6-8-7/h7-10H,5-6H2,1-4H3;7H,2-6H2,1H3. The lowest BCUT2D eigenvalue weighted by molar-refractivity contribution is 0.292. The molecule has 2 aliphatic rings. The Bertz CT molecular complexity index is 219. The summed E-state index contributed by atoms with van der Waals surface area (Å²) >= 11 is 0. The first-order valence-corrected chi connectivity index (χ1v) is 8.40. The van der Waals surface area contributed by atoms with E-state index in [4.69, 9.17) is 9.47 Å². The molecule has 0 radical (unpaired) electrons. The lowest BCUT2D eigenvalue weighted by Gasteiger charge is -2.08. The third-order valence-corrected chi connectivity index (χ3v) is 4.26. The molecule has 0 aromatic heterocycles. The van der Waals surface area contributed by atoms with Crippen LogP contribution in [0.2, 0.25) is 0 Å². The van der Waals surface area contributed by atoms with Crippen LogP contribution >= 0.6 is 0 Å². The minimum Gasteiger partial charge on any atom is -0.373 e. The summed E-state index contributed by atoms with van der Waals surface area (Å²) in [7, 11) is 0. The molecule has 0 bridgehead atoms. The van der Waals surface area contributed by atoms with Crippen LogP contribution < -0.4 is 0 Å². The van der Waals surface area contributed by atoms with E-state index in [1.54, 1.807) is 0 Å². The van der Waals surface area contributed by atoms with Crippen LogP contribution in [0.3, 0.4) is 0 Å². The maximum absolute atomic E-state index is 5.62. The van der Waals surface area contributed by atoms with E-state index in [0.29, 0.717) is 24.2 Å². The van der Waals surface area contributed by atoms with Crippen LogP contribution in [-0.2, 0) is 9.47 Å². The molecule has 2 nitrogen and oxygen atoms in total. The first-order valence-electron chi connectivity index (χ1n) is 8.40. The van der Waals surface area contributed by atoms with Crippen LogP contribution in [0.15, 0.2) is 0 Å². The molecule has 114 valence electrons. The summed E-state index contributed by atoms with van der Waals surface area (Å²) < 4.78 is 10.7. The Morgan fingerprint density at radius 1 is 1.00 bits per heavy atom. The van der Waals surface area contributed by atoms with Crippen molar-refractivity contribution in [2.45, 2.75) is 91.5 Å². The lowest BCUT2D eigenvalue weighted by atomic mass is 9.94. The zero-order valence-electron chi connectivity index (χ0n) is 13.7. The molecule has 2 saturated heterocycles. The SMILES string of the molecule is CCC(CC)C1OC1C(C)C.CCCCCC1CO1. The summed E-state index contributed by atoms with van der Waals surface area (Å²) in [5.41, 5.74) is 0. The molecule has 3 unspecified atom stereocenters. The second-order valence-corrected chi connectivity index (χ2v) is 6.34. The largest absolute Gasteiger partial charge is 0.373 e. The summed E-state index contributed by atoms with van der Waals surface area (Å²) in [5.74, 6) is 1.52. The fourth-order valence-corrected chi connectivity index (χ4v) is 2.66. The van der Waals surface area contributed by atoms with E-state index in [1.807, 2.05) is 0 Å². The van der Waals surface area contributed by atoms with E-state index in [-0.39, 0.29) is 0 Å². The van der Waals surface area contributed by atoms with Crippen molar-refractivity contribution in [3.05, 3.63) is 0 Å². The molecule has 0 aromatic rings. The Balaban J connectivity index is 0.000000200. The lowest BCUT2D eigenvalue weighted by Crippen LogP contribution is -2.11. The van der Waals surface area contributed by atoms with Gasteiger partial charge in [-0.25, -0.2) is 0 Å². The third-order valence-electron chi connectivity index (χ3n) is 4.26. The zero-order chi connectivity index (χ0) is 14.3. The minimum absolute atomic E-state index is 0.569. The summed E-state index contributed by atoms with van der Waals surface area (Å²) in [6.07, 6.45) is 9.71. The molecule has 2 heterocycles. The summed E-state index contributed by atoms with van der Waals surface area (Å²) in [6.45, 7) is 12.3. The Morgan fingerprint density at radius 3 is 2.00 bits per heavy atom. The monoisotopic (exact) mass is 270 g/mol. The third kappa shape index (κ3) is 6.76. The molecule has 2 heteroatoms. The van der Waals surface area contributed by atoms with E-state index < -0.39 is 0 Å². The molecule has 0 amide bonds. The van der Waals surface area contributed by atoms with Crippen molar-refractivity contribution in [2.75, 3.05) is 6.61 Å². The predicted octanol–water partition coefficient (Wildman–Crippen LogP) is 4.81. The van der Waals surface area contributed by atoms with E-state index in [1.165, 1.54) is 38.5 Å². The van der Waals surface area contributed by atoms with Crippen LogP contribution in [0.25, 0.3) is 0 Å². The highest BCUT2D eigenvalue weighted by Gasteiger charge is 2.44. The van der Waals surface area contributed by atoms with Gasteiger partial charge in [0.05, 0.1) is 24.9 Å². The highest BCUT2D eigenvalue weighted by atomic mass is 16.6. The number of unbranched alkanes of at least 4 members (excludes halogenated alkanes) is 2. The van der Waals surface area contributed by atoms with Crippen molar-refractivity contribution < 1.29 is 9.47 Å². The van der Waals surface area contributed by atoms with E-state index in [0.717, 1.165) is 12.5 Å². The minimum atomic E-state index is 0.569. The van der Waals surface area contributed by atoms with Crippen molar-refractivity contribution in [2.24, 2.45) is 11.8 Å². The summed E-state index contributed by atoms with van der Waals surface area (Å²) in [4.78, 5) is 0. The smallest absolute Gasteiger partial charge is 0.0872 e. The van der Waals surface area contributed by atoms with Gasteiger partial charge in [0.1, 0.15) is 0 Å². The van der Waals surface area contributed by atoms with Crippen molar-refractivity contribution >= 4 is 0 Å². The molecule has 2 fully saturated rings. The van der Waals surface area contributed by atoms with Crippen molar-refractivity contribution in [1.29, 1.82) is 0 Å².